The maximum atomic E-state index is 3.72. The Morgan fingerprint density at radius 3 is 2.12 bits per heavy atom. The summed E-state index contributed by atoms with van der Waals surface area (Å²) in [6, 6.07) is 0. The summed E-state index contributed by atoms with van der Waals surface area (Å²) in [5, 5.41) is 0. The molecule has 0 radical (unpaired) electrons. The molecule has 0 aromatic carbocycles. The molecule has 0 nitrogen and oxygen atoms in total. The predicted molar refractivity (Wildman–Crippen MR) is 38.6 cm³/mol. The molecule has 46 valence electrons. The quantitative estimate of drug-likeness (QED) is 0.491. The van der Waals surface area contributed by atoms with E-state index in [0.717, 1.165) is 6.42 Å². The first-order valence-corrected chi connectivity index (χ1v) is 3.20. The van der Waals surface area contributed by atoms with E-state index in [4.69, 9.17) is 0 Å². The summed E-state index contributed by atoms with van der Waals surface area (Å²) < 4.78 is 0. The van der Waals surface area contributed by atoms with Crippen LogP contribution in [0.4, 0.5) is 0 Å². The van der Waals surface area contributed by atoms with E-state index in [0.29, 0.717) is 5.92 Å². The van der Waals surface area contributed by atoms with Crippen LogP contribution in [0.2, 0.25) is 0 Å². The van der Waals surface area contributed by atoms with E-state index >= 15 is 0 Å². The van der Waals surface area contributed by atoms with E-state index in [1.54, 1.807) is 0 Å². The van der Waals surface area contributed by atoms with Crippen molar-refractivity contribution < 1.29 is 0 Å². The molecule has 0 aliphatic heterocycles. The molecule has 0 aliphatic carbocycles. The largest absolute Gasteiger partial charge is 0.0895 e. The molecule has 0 atom stereocenters. The summed E-state index contributed by atoms with van der Waals surface area (Å²) in [6.07, 6.45) is 3.10. The van der Waals surface area contributed by atoms with Crippen molar-refractivity contribution in [1.82, 2.24) is 0 Å². The average molecular weight is 111 g/mol. The lowest BCUT2D eigenvalue weighted by atomic mass is 9.94. The molecule has 0 aromatic rings. The fraction of sp³-hybridized carbons (Fsp3) is 0.625. The minimum absolute atomic E-state index is 0.678. The van der Waals surface area contributed by atoms with Gasteiger partial charge in [-0.25, -0.2) is 0 Å². The lowest BCUT2D eigenvalue weighted by Gasteiger charge is -2.04. The van der Waals surface area contributed by atoms with Gasteiger partial charge in [-0.05, 0) is 20.8 Å². The molecule has 0 rings (SSSR count). The maximum Gasteiger partial charge on any atom is 0.0895 e. The van der Waals surface area contributed by atoms with Crippen LogP contribution in [0.1, 0.15) is 27.2 Å². The Kier molecular flexibility index (Phi) is 3.42. The van der Waals surface area contributed by atoms with Gasteiger partial charge in [0.1, 0.15) is 0 Å². The van der Waals surface area contributed by atoms with Crippen LogP contribution in [0.15, 0.2) is 12.7 Å². The normalized spacial score (nSPS) is 9.50. The molecule has 8 heavy (non-hydrogen) atoms. The summed E-state index contributed by atoms with van der Waals surface area (Å²) in [7, 11) is 0. The molecule has 0 saturated heterocycles. The van der Waals surface area contributed by atoms with Crippen molar-refractivity contribution in [3.63, 3.8) is 0 Å². The molecule has 0 unspecified atom stereocenters. The zero-order chi connectivity index (χ0) is 6.57. The lowest BCUT2D eigenvalue weighted by Crippen LogP contribution is -1.99. The van der Waals surface area contributed by atoms with E-state index in [2.05, 4.69) is 27.4 Å². The Bertz CT molecular complexity index is 62.4. The van der Waals surface area contributed by atoms with Crippen molar-refractivity contribution in [3.8, 4) is 0 Å². The van der Waals surface area contributed by atoms with Gasteiger partial charge in [-0.3, -0.25) is 0 Å². The highest BCUT2D eigenvalue weighted by Gasteiger charge is 2.12. The molecule has 0 spiro atoms. The van der Waals surface area contributed by atoms with Crippen LogP contribution in [0, 0.1) is 11.8 Å². The molecule has 0 heterocycles. The summed E-state index contributed by atoms with van der Waals surface area (Å²) in [4.78, 5) is 0. The standard InChI is InChI=1S/C8H15/c1-5-8(6-2)7(3)4/h5,7H,1,6H2,2-4H3/q+1. The Balaban J connectivity index is 3.51. The zero-order valence-electron chi connectivity index (χ0n) is 6.07. The third kappa shape index (κ3) is 2.06. The van der Waals surface area contributed by atoms with Gasteiger partial charge in [-0.1, -0.05) is 0 Å². The average Bonchev–Trinajstić information content (AvgIpc) is 1.69. The molecule has 0 saturated carbocycles. The Morgan fingerprint density at radius 1 is 1.62 bits per heavy atom. The van der Waals surface area contributed by atoms with E-state index in [-0.39, 0.29) is 0 Å². The van der Waals surface area contributed by atoms with E-state index in [1.807, 2.05) is 6.08 Å². The van der Waals surface area contributed by atoms with E-state index in [9.17, 15) is 0 Å². The van der Waals surface area contributed by atoms with Gasteiger partial charge in [0.2, 0.25) is 0 Å². The van der Waals surface area contributed by atoms with E-state index in [1.165, 1.54) is 5.92 Å². The molecule has 0 fully saturated rings. The second-order valence-corrected chi connectivity index (χ2v) is 2.29. The molecule has 0 N–H and O–H groups in total. The van der Waals surface area contributed by atoms with Crippen LogP contribution in [0.5, 0.6) is 0 Å². The van der Waals surface area contributed by atoms with Crippen LogP contribution in [-0.4, -0.2) is 0 Å². The van der Waals surface area contributed by atoms with Gasteiger partial charge in [0.05, 0.1) is 12.0 Å². The number of hydrogen-bond donors (Lipinski definition) is 0. The second kappa shape index (κ2) is 3.59. The second-order valence-electron chi connectivity index (χ2n) is 2.29. The fourth-order valence-corrected chi connectivity index (χ4v) is 0.788. The SMILES string of the molecule is C=C[C+](CC)C(C)C. The highest BCUT2D eigenvalue weighted by Crippen LogP contribution is 2.17. The van der Waals surface area contributed by atoms with Crippen molar-refractivity contribution in [3.05, 3.63) is 18.6 Å². The monoisotopic (exact) mass is 111 g/mol. The van der Waals surface area contributed by atoms with Crippen LogP contribution in [0.25, 0.3) is 0 Å². The molecule has 0 aliphatic rings. The molecule has 0 bridgehead atoms. The molecule has 0 aromatic heterocycles. The molecule has 0 amide bonds. The van der Waals surface area contributed by atoms with Gasteiger partial charge in [0.25, 0.3) is 0 Å². The minimum atomic E-state index is 0.678. The first-order valence-electron chi connectivity index (χ1n) is 3.20. The minimum Gasteiger partial charge on any atom is -0.0437 e. The first kappa shape index (κ1) is 7.61. The zero-order valence-corrected chi connectivity index (χ0v) is 6.07. The molecular weight excluding hydrogens is 96.1 g/mol. The Morgan fingerprint density at radius 2 is 2.12 bits per heavy atom. The summed E-state index contributed by atoms with van der Waals surface area (Å²) in [5.74, 6) is 2.13. The highest BCUT2D eigenvalue weighted by atomic mass is 14.1. The van der Waals surface area contributed by atoms with Crippen molar-refractivity contribution >= 4 is 0 Å². The topological polar surface area (TPSA) is 0 Å². The first-order chi connectivity index (χ1) is 3.72. The van der Waals surface area contributed by atoms with Gasteiger partial charge in [0.15, 0.2) is 0 Å². The van der Waals surface area contributed by atoms with Crippen molar-refractivity contribution in [2.45, 2.75) is 27.2 Å². The van der Waals surface area contributed by atoms with Crippen LogP contribution >= 0.6 is 0 Å². The number of hydrogen-bond acceptors (Lipinski definition) is 0. The Hall–Kier alpha value is -0.390. The van der Waals surface area contributed by atoms with Gasteiger partial charge in [-0.15, -0.1) is 0 Å². The van der Waals surface area contributed by atoms with Crippen LogP contribution < -0.4 is 0 Å². The maximum absolute atomic E-state index is 3.72. The van der Waals surface area contributed by atoms with Crippen molar-refractivity contribution in [1.29, 1.82) is 0 Å². The lowest BCUT2D eigenvalue weighted by molar-refractivity contribution is 0.658. The fourth-order valence-electron chi connectivity index (χ4n) is 0.788. The number of rotatable bonds is 3. The summed E-state index contributed by atoms with van der Waals surface area (Å²) in [5.41, 5.74) is 0. The van der Waals surface area contributed by atoms with Gasteiger partial charge < -0.3 is 0 Å². The van der Waals surface area contributed by atoms with E-state index < -0.39 is 0 Å². The smallest absolute Gasteiger partial charge is 0.0437 e. The van der Waals surface area contributed by atoms with Gasteiger partial charge in [-0.2, -0.15) is 0 Å². The molecular formula is C8H15+. The van der Waals surface area contributed by atoms with Crippen LogP contribution in [-0.2, 0) is 0 Å². The molecule has 0 heteroatoms. The Labute approximate surface area is 52.6 Å². The number of allylic oxidation sites excluding steroid dienone is 1. The van der Waals surface area contributed by atoms with Crippen molar-refractivity contribution in [2.75, 3.05) is 0 Å². The third-order valence-electron chi connectivity index (χ3n) is 1.41. The summed E-state index contributed by atoms with van der Waals surface area (Å²) in [6.45, 7) is 10.3. The van der Waals surface area contributed by atoms with Crippen molar-refractivity contribution in [2.24, 2.45) is 5.92 Å². The van der Waals surface area contributed by atoms with Gasteiger partial charge >= 0.3 is 0 Å². The van der Waals surface area contributed by atoms with Gasteiger partial charge in [0, 0.05) is 18.9 Å². The highest BCUT2D eigenvalue weighted by molar-refractivity contribution is 5.06. The van der Waals surface area contributed by atoms with Crippen LogP contribution in [0.3, 0.4) is 0 Å². The predicted octanol–water partition coefficient (Wildman–Crippen LogP) is 2.81. The summed E-state index contributed by atoms with van der Waals surface area (Å²) >= 11 is 0. The third-order valence-corrected chi connectivity index (χ3v) is 1.41.